The molecule has 0 fully saturated rings. The fraction of sp³-hybridized carbons (Fsp3) is 0.909. The second-order valence-corrected chi connectivity index (χ2v) is 3.72. The number of hydrogen-bond acceptors (Lipinski definition) is 1. The van der Waals surface area contributed by atoms with Gasteiger partial charge in [0, 0.05) is 13.7 Å². The molecule has 0 saturated heterocycles. The summed E-state index contributed by atoms with van der Waals surface area (Å²) in [5, 5.41) is 0. The quantitative estimate of drug-likeness (QED) is 0.507. The summed E-state index contributed by atoms with van der Waals surface area (Å²) in [5.74, 6) is 1.56. The van der Waals surface area contributed by atoms with Crippen molar-refractivity contribution in [2.75, 3.05) is 13.7 Å². The monoisotopic (exact) mass is 171 g/mol. The van der Waals surface area contributed by atoms with Crippen molar-refractivity contribution >= 4 is 0 Å². The van der Waals surface area contributed by atoms with E-state index in [2.05, 4.69) is 13.8 Å². The first-order valence-electron chi connectivity index (χ1n) is 5.05. The van der Waals surface area contributed by atoms with Crippen molar-refractivity contribution in [3.8, 4) is 0 Å². The predicted octanol–water partition coefficient (Wildman–Crippen LogP) is 3.59. The normalized spacial score (nSPS) is 11.0. The fourth-order valence-electron chi connectivity index (χ4n) is 1.26. The summed E-state index contributed by atoms with van der Waals surface area (Å²) < 4.78 is 4.98. The number of ether oxygens (including phenoxy) is 1. The second-order valence-electron chi connectivity index (χ2n) is 3.72. The zero-order valence-electron chi connectivity index (χ0n) is 8.86. The minimum absolute atomic E-state index is 0.929. The molecule has 0 aromatic rings. The van der Waals surface area contributed by atoms with E-state index in [0.29, 0.717) is 0 Å². The van der Waals surface area contributed by atoms with Gasteiger partial charge in [0.05, 0.1) is 0 Å². The third kappa shape index (κ3) is 9.96. The van der Waals surface area contributed by atoms with E-state index in [1.807, 2.05) is 0 Å². The van der Waals surface area contributed by atoms with Gasteiger partial charge < -0.3 is 4.74 Å². The lowest BCUT2D eigenvalue weighted by molar-refractivity contribution is 0.192. The van der Waals surface area contributed by atoms with Crippen LogP contribution in [-0.4, -0.2) is 13.7 Å². The molecule has 73 valence electrons. The van der Waals surface area contributed by atoms with E-state index in [4.69, 9.17) is 4.74 Å². The van der Waals surface area contributed by atoms with Gasteiger partial charge in [-0.1, -0.05) is 39.5 Å². The summed E-state index contributed by atoms with van der Waals surface area (Å²) in [6.45, 7) is 5.36. The second kappa shape index (κ2) is 9.05. The van der Waals surface area contributed by atoms with Crippen LogP contribution in [0.15, 0.2) is 0 Å². The van der Waals surface area contributed by atoms with Gasteiger partial charge in [0.25, 0.3) is 0 Å². The SMILES string of the molecule is COCCCCCCC[C](C)C. The van der Waals surface area contributed by atoms with Crippen molar-refractivity contribution in [1.29, 1.82) is 0 Å². The van der Waals surface area contributed by atoms with Gasteiger partial charge in [-0.2, -0.15) is 0 Å². The molecular weight excluding hydrogens is 148 g/mol. The van der Waals surface area contributed by atoms with E-state index in [-0.39, 0.29) is 0 Å². The van der Waals surface area contributed by atoms with Gasteiger partial charge in [-0.25, -0.2) is 0 Å². The Bertz CT molecular complexity index is 79.1. The van der Waals surface area contributed by atoms with Crippen LogP contribution in [0, 0.1) is 5.92 Å². The Morgan fingerprint density at radius 2 is 1.50 bits per heavy atom. The van der Waals surface area contributed by atoms with Gasteiger partial charge in [-0.05, 0) is 18.8 Å². The maximum atomic E-state index is 4.98. The molecule has 0 spiro atoms. The minimum atomic E-state index is 0.929. The third-order valence-electron chi connectivity index (χ3n) is 2.03. The molecule has 12 heavy (non-hydrogen) atoms. The zero-order valence-corrected chi connectivity index (χ0v) is 8.86. The molecule has 0 heterocycles. The Balaban J connectivity index is 2.82. The molecule has 0 amide bonds. The molecule has 0 unspecified atom stereocenters. The molecule has 0 rings (SSSR count). The summed E-state index contributed by atoms with van der Waals surface area (Å²) in [4.78, 5) is 0. The molecule has 0 aromatic carbocycles. The van der Waals surface area contributed by atoms with Gasteiger partial charge in [0.15, 0.2) is 0 Å². The summed E-state index contributed by atoms with van der Waals surface area (Å²) in [6.07, 6.45) is 7.99. The van der Waals surface area contributed by atoms with Crippen LogP contribution in [-0.2, 0) is 4.74 Å². The van der Waals surface area contributed by atoms with Crippen LogP contribution in [0.2, 0.25) is 0 Å². The van der Waals surface area contributed by atoms with E-state index >= 15 is 0 Å². The predicted molar refractivity (Wildman–Crippen MR) is 54.2 cm³/mol. The molecule has 0 N–H and O–H groups in total. The standard InChI is InChI=1S/C11H23O/c1-11(2)9-7-5-4-6-8-10-12-3/h4-10H2,1-3H3. The number of unbranched alkanes of at least 4 members (excludes halogenated alkanes) is 4. The van der Waals surface area contributed by atoms with Crippen molar-refractivity contribution in [3.63, 3.8) is 0 Å². The Morgan fingerprint density at radius 3 is 2.08 bits per heavy atom. The first-order valence-corrected chi connectivity index (χ1v) is 5.05. The molecule has 0 bridgehead atoms. The molecule has 0 atom stereocenters. The lowest BCUT2D eigenvalue weighted by Crippen LogP contribution is -1.89. The van der Waals surface area contributed by atoms with Gasteiger partial charge in [0.2, 0.25) is 0 Å². The van der Waals surface area contributed by atoms with Crippen molar-refractivity contribution in [2.24, 2.45) is 0 Å². The maximum absolute atomic E-state index is 4.98. The first kappa shape index (κ1) is 12.0. The van der Waals surface area contributed by atoms with Crippen molar-refractivity contribution in [2.45, 2.75) is 52.4 Å². The van der Waals surface area contributed by atoms with E-state index < -0.39 is 0 Å². The van der Waals surface area contributed by atoms with E-state index in [9.17, 15) is 0 Å². The highest BCUT2D eigenvalue weighted by Crippen LogP contribution is 2.11. The van der Waals surface area contributed by atoms with Crippen LogP contribution in [0.5, 0.6) is 0 Å². The average molecular weight is 171 g/mol. The lowest BCUT2D eigenvalue weighted by atomic mass is 10.0. The molecule has 0 saturated carbocycles. The third-order valence-corrected chi connectivity index (χ3v) is 2.03. The Morgan fingerprint density at radius 1 is 0.917 bits per heavy atom. The molecule has 0 aliphatic carbocycles. The molecule has 0 aliphatic rings. The Labute approximate surface area is 77.5 Å². The van der Waals surface area contributed by atoms with Gasteiger partial charge >= 0.3 is 0 Å². The van der Waals surface area contributed by atoms with Crippen molar-refractivity contribution in [1.82, 2.24) is 0 Å². The maximum Gasteiger partial charge on any atom is 0.0462 e. The molecule has 0 aromatic heterocycles. The lowest BCUT2D eigenvalue weighted by Gasteiger charge is -2.03. The van der Waals surface area contributed by atoms with Gasteiger partial charge in [-0.15, -0.1) is 0 Å². The van der Waals surface area contributed by atoms with Crippen molar-refractivity contribution in [3.05, 3.63) is 5.92 Å². The van der Waals surface area contributed by atoms with Gasteiger partial charge in [0.1, 0.15) is 0 Å². The van der Waals surface area contributed by atoms with Crippen molar-refractivity contribution < 1.29 is 4.74 Å². The topological polar surface area (TPSA) is 9.23 Å². The molecule has 1 radical (unpaired) electrons. The van der Waals surface area contributed by atoms with Crippen LogP contribution >= 0.6 is 0 Å². The smallest absolute Gasteiger partial charge is 0.0462 e. The summed E-state index contributed by atoms with van der Waals surface area (Å²) in [6, 6.07) is 0. The zero-order chi connectivity index (χ0) is 9.23. The van der Waals surface area contributed by atoms with E-state index in [1.165, 1.54) is 38.5 Å². The molecule has 0 aliphatic heterocycles. The van der Waals surface area contributed by atoms with Crippen LogP contribution < -0.4 is 0 Å². The van der Waals surface area contributed by atoms with Gasteiger partial charge in [-0.3, -0.25) is 0 Å². The minimum Gasteiger partial charge on any atom is -0.385 e. The molecule has 1 heteroatoms. The van der Waals surface area contributed by atoms with Crippen LogP contribution in [0.25, 0.3) is 0 Å². The summed E-state index contributed by atoms with van der Waals surface area (Å²) in [5.41, 5.74) is 0. The summed E-state index contributed by atoms with van der Waals surface area (Å²) in [7, 11) is 1.77. The number of rotatable bonds is 8. The number of hydrogen-bond donors (Lipinski definition) is 0. The fourth-order valence-corrected chi connectivity index (χ4v) is 1.26. The average Bonchev–Trinajstić information content (AvgIpc) is 2.02. The highest BCUT2D eigenvalue weighted by Gasteiger charge is 1.94. The largest absolute Gasteiger partial charge is 0.385 e. The number of methoxy groups -OCH3 is 1. The van der Waals surface area contributed by atoms with E-state index in [0.717, 1.165) is 6.61 Å². The van der Waals surface area contributed by atoms with Crippen LogP contribution in [0.3, 0.4) is 0 Å². The Kier molecular flexibility index (Phi) is 9.02. The highest BCUT2D eigenvalue weighted by atomic mass is 16.5. The molecular formula is C11H23O. The summed E-state index contributed by atoms with van der Waals surface area (Å²) >= 11 is 0. The highest BCUT2D eigenvalue weighted by molar-refractivity contribution is 4.75. The Hall–Kier alpha value is -0.0400. The molecule has 1 nitrogen and oxygen atoms in total. The van der Waals surface area contributed by atoms with Crippen LogP contribution in [0.4, 0.5) is 0 Å². The first-order chi connectivity index (χ1) is 5.77. The van der Waals surface area contributed by atoms with Crippen LogP contribution in [0.1, 0.15) is 52.4 Å². The van der Waals surface area contributed by atoms with E-state index in [1.54, 1.807) is 13.0 Å².